The van der Waals surface area contributed by atoms with Crippen molar-refractivity contribution >= 4 is 0 Å². The molecule has 0 bridgehead atoms. The molecule has 1 aliphatic heterocycles. The molecule has 1 aliphatic rings. The lowest BCUT2D eigenvalue weighted by Crippen LogP contribution is -2.07. The van der Waals surface area contributed by atoms with E-state index in [0.29, 0.717) is 12.5 Å². The van der Waals surface area contributed by atoms with Crippen LogP contribution < -0.4 is 4.74 Å². The van der Waals surface area contributed by atoms with Crippen molar-refractivity contribution in [2.24, 2.45) is 7.05 Å². The summed E-state index contributed by atoms with van der Waals surface area (Å²) < 4.78 is 7.75. The Balaban J connectivity index is 2.23. The van der Waals surface area contributed by atoms with Gasteiger partial charge in [0.05, 0.1) is 0 Å². The minimum absolute atomic E-state index is 0.468. The Hall–Kier alpha value is -1.77. The minimum atomic E-state index is 0.468. The fraction of sp³-hybridized carbons (Fsp3) is 0.357. The summed E-state index contributed by atoms with van der Waals surface area (Å²) in [6, 6.07) is 6.31. The maximum atomic E-state index is 5.90. The highest BCUT2D eigenvalue weighted by Gasteiger charge is 2.23. The molecule has 0 fully saturated rings. The number of hydrogen-bond donors (Lipinski definition) is 0. The van der Waals surface area contributed by atoms with Crippen molar-refractivity contribution < 1.29 is 4.74 Å². The van der Waals surface area contributed by atoms with Crippen LogP contribution in [0.2, 0.25) is 0 Å². The molecule has 0 atom stereocenters. The summed E-state index contributed by atoms with van der Waals surface area (Å²) in [5, 5.41) is 4.53. The predicted octanol–water partition coefficient (Wildman–Crippen LogP) is 3.10. The highest BCUT2D eigenvalue weighted by Crippen LogP contribution is 2.41. The van der Waals surface area contributed by atoms with Gasteiger partial charge in [0, 0.05) is 24.4 Å². The molecule has 0 aliphatic carbocycles. The van der Waals surface area contributed by atoms with Gasteiger partial charge >= 0.3 is 0 Å². The average molecular weight is 228 g/mol. The van der Waals surface area contributed by atoms with Crippen molar-refractivity contribution in [1.29, 1.82) is 0 Å². The van der Waals surface area contributed by atoms with Gasteiger partial charge in [-0.15, -0.1) is 0 Å². The van der Waals surface area contributed by atoms with Gasteiger partial charge in [0.25, 0.3) is 0 Å². The van der Waals surface area contributed by atoms with Crippen molar-refractivity contribution in [2.45, 2.75) is 26.4 Å². The number of nitrogens with zero attached hydrogens (tertiary/aromatic N) is 2. The van der Waals surface area contributed by atoms with E-state index in [1.807, 2.05) is 17.9 Å². The van der Waals surface area contributed by atoms with Crippen LogP contribution in [0.5, 0.6) is 5.75 Å². The van der Waals surface area contributed by atoms with Crippen LogP contribution in [0.1, 0.15) is 30.9 Å². The van der Waals surface area contributed by atoms with Crippen LogP contribution in [0.25, 0.3) is 11.3 Å². The molecule has 0 unspecified atom stereocenters. The quantitative estimate of drug-likeness (QED) is 0.750. The van der Waals surface area contributed by atoms with Crippen LogP contribution in [0.3, 0.4) is 0 Å². The zero-order valence-corrected chi connectivity index (χ0v) is 10.4. The van der Waals surface area contributed by atoms with Crippen LogP contribution >= 0.6 is 0 Å². The van der Waals surface area contributed by atoms with Gasteiger partial charge in [0.15, 0.2) is 0 Å². The Morgan fingerprint density at radius 3 is 2.94 bits per heavy atom. The Labute approximate surface area is 101 Å². The summed E-state index contributed by atoms with van der Waals surface area (Å²) in [7, 11) is 1.95. The van der Waals surface area contributed by atoms with Gasteiger partial charge in [-0.2, -0.15) is 5.10 Å². The zero-order chi connectivity index (χ0) is 12.0. The molecule has 0 N–H and O–H groups in total. The van der Waals surface area contributed by atoms with E-state index in [1.165, 1.54) is 11.1 Å². The normalized spacial score (nSPS) is 13.2. The van der Waals surface area contributed by atoms with Crippen molar-refractivity contribution in [1.82, 2.24) is 9.78 Å². The van der Waals surface area contributed by atoms with Gasteiger partial charge in [-0.25, -0.2) is 0 Å². The topological polar surface area (TPSA) is 27.1 Å². The minimum Gasteiger partial charge on any atom is -0.488 e. The van der Waals surface area contributed by atoms with E-state index in [9.17, 15) is 0 Å². The Morgan fingerprint density at radius 1 is 1.35 bits per heavy atom. The Morgan fingerprint density at radius 2 is 2.18 bits per heavy atom. The maximum Gasteiger partial charge on any atom is 0.132 e. The second-order valence-electron chi connectivity index (χ2n) is 4.84. The second kappa shape index (κ2) is 3.62. The van der Waals surface area contributed by atoms with Crippen LogP contribution in [-0.4, -0.2) is 9.78 Å². The van der Waals surface area contributed by atoms with E-state index in [1.54, 1.807) is 0 Å². The molecule has 1 aromatic carbocycles. The van der Waals surface area contributed by atoms with E-state index >= 15 is 0 Å². The van der Waals surface area contributed by atoms with Crippen molar-refractivity contribution in [3.05, 3.63) is 35.5 Å². The van der Waals surface area contributed by atoms with E-state index in [0.717, 1.165) is 17.0 Å². The first kappa shape index (κ1) is 10.4. The van der Waals surface area contributed by atoms with Gasteiger partial charge in [0.2, 0.25) is 0 Å². The standard InChI is InChI=1S/C14H16N2O/c1-9(2)11-5-4-6-12-13-10(7-16(3)15-13)8-17-14(11)12/h4-7,9H,8H2,1-3H3. The predicted molar refractivity (Wildman–Crippen MR) is 67.1 cm³/mol. The molecule has 0 amide bonds. The molecule has 3 nitrogen and oxygen atoms in total. The van der Waals surface area contributed by atoms with E-state index in [4.69, 9.17) is 4.74 Å². The van der Waals surface area contributed by atoms with Gasteiger partial charge in [-0.1, -0.05) is 26.0 Å². The molecular weight excluding hydrogens is 212 g/mol. The van der Waals surface area contributed by atoms with E-state index in [2.05, 4.69) is 37.1 Å². The largest absolute Gasteiger partial charge is 0.488 e. The molecule has 3 rings (SSSR count). The molecule has 3 heteroatoms. The summed E-state index contributed by atoms with van der Waals surface area (Å²) in [5.74, 6) is 1.48. The summed E-state index contributed by atoms with van der Waals surface area (Å²) in [5.41, 5.74) is 4.62. The molecule has 0 saturated heterocycles. The van der Waals surface area contributed by atoms with Gasteiger partial charge < -0.3 is 4.74 Å². The number of hydrogen-bond acceptors (Lipinski definition) is 2. The van der Waals surface area contributed by atoms with Crippen molar-refractivity contribution in [2.75, 3.05) is 0 Å². The van der Waals surface area contributed by atoms with Gasteiger partial charge in [-0.05, 0) is 17.5 Å². The highest BCUT2D eigenvalue weighted by atomic mass is 16.5. The average Bonchev–Trinajstić information content (AvgIpc) is 2.68. The third-order valence-electron chi connectivity index (χ3n) is 3.20. The fourth-order valence-corrected chi connectivity index (χ4v) is 2.38. The summed E-state index contributed by atoms with van der Waals surface area (Å²) in [6.07, 6.45) is 2.03. The number of rotatable bonds is 1. The summed E-state index contributed by atoms with van der Waals surface area (Å²) >= 11 is 0. The molecule has 0 spiro atoms. The van der Waals surface area contributed by atoms with Gasteiger partial charge in [-0.3, -0.25) is 4.68 Å². The molecular formula is C14H16N2O. The molecule has 88 valence electrons. The molecule has 0 saturated carbocycles. The lowest BCUT2D eigenvalue weighted by Gasteiger charge is -2.21. The lowest BCUT2D eigenvalue weighted by molar-refractivity contribution is 0.298. The monoisotopic (exact) mass is 228 g/mol. The highest BCUT2D eigenvalue weighted by molar-refractivity contribution is 5.73. The van der Waals surface area contributed by atoms with Gasteiger partial charge in [0.1, 0.15) is 18.1 Å². The van der Waals surface area contributed by atoms with Crippen LogP contribution in [-0.2, 0) is 13.7 Å². The first-order valence-corrected chi connectivity index (χ1v) is 5.95. The fourth-order valence-electron chi connectivity index (χ4n) is 2.38. The molecule has 2 aromatic rings. The molecule has 0 radical (unpaired) electrons. The van der Waals surface area contributed by atoms with Crippen molar-refractivity contribution in [3.8, 4) is 17.0 Å². The Bertz CT molecular complexity index is 570. The molecule has 17 heavy (non-hydrogen) atoms. The third kappa shape index (κ3) is 1.54. The number of aryl methyl sites for hydroxylation is 1. The molecule has 2 heterocycles. The molecule has 1 aromatic heterocycles. The Kier molecular flexibility index (Phi) is 2.21. The first-order chi connectivity index (χ1) is 8.16. The SMILES string of the molecule is CC(C)c1cccc2c1OCc1cn(C)nc1-2. The lowest BCUT2D eigenvalue weighted by atomic mass is 9.95. The van der Waals surface area contributed by atoms with Crippen LogP contribution in [0.15, 0.2) is 24.4 Å². The number of para-hydroxylation sites is 1. The number of benzene rings is 1. The first-order valence-electron chi connectivity index (χ1n) is 5.95. The third-order valence-corrected chi connectivity index (χ3v) is 3.20. The van der Waals surface area contributed by atoms with E-state index in [-0.39, 0.29) is 0 Å². The summed E-state index contributed by atoms with van der Waals surface area (Å²) in [6.45, 7) is 5.00. The van der Waals surface area contributed by atoms with E-state index < -0.39 is 0 Å². The smallest absolute Gasteiger partial charge is 0.132 e. The maximum absolute atomic E-state index is 5.90. The zero-order valence-electron chi connectivity index (χ0n) is 10.4. The van der Waals surface area contributed by atoms with Crippen LogP contribution in [0.4, 0.5) is 0 Å². The van der Waals surface area contributed by atoms with Crippen LogP contribution in [0, 0.1) is 0 Å². The number of ether oxygens (including phenoxy) is 1. The van der Waals surface area contributed by atoms with Crippen molar-refractivity contribution in [3.63, 3.8) is 0 Å². The summed E-state index contributed by atoms with van der Waals surface area (Å²) in [4.78, 5) is 0. The number of fused-ring (bicyclic) bond motifs is 3. The second-order valence-corrected chi connectivity index (χ2v) is 4.84. The number of aromatic nitrogens is 2.